The van der Waals surface area contributed by atoms with E-state index in [2.05, 4.69) is 36.9 Å². The van der Waals surface area contributed by atoms with Crippen molar-refractivity contribution >= 4 is 28.5 Å². The topological polar surface area (TPSA) is 86.0 Å². The molecule has 3 aromatic rings. The average Bonchev–Trinajstić information content (AvgIpc) is 3.05. The largest absolute Gasteiger partial charge is 0.480 e. The van der Waals surface area contributed by atoms with Crippen LogP contribution in [0.3, 0.4) is 0 Å². The van der Waals surface area contributed by atoms with Crippen LogP contribution in [-0.4, -0.2) is 57.8 Å². The van der Waals surface area contributed by atoms with E-state index in [1.165, 1.54) is 40.1 Å². The fourth-order valence-corrected chi connectivity index (χ4v) is 4.66. The van der Waals surface area contributed by atoms with Gasteiger partial charge in [-0.15, -0.1) is 0 Å². The standard InChI is InChI=1S/C24H26FN3O4/c1-15-3-6-20(16(2)11-15)26-7-9-27(10-8-26)23(24(31)32)19-13-28(14-22(29)30)21-12-17(25)4-5-18(19)21/h3-6,11-13,23H,7-10,14H2,1-2H3,(H,29,30)(H,31,32)/t23-/m1/s1. The van der Waals surface area contributed by atoms with Gasteiger partial charge in [-0.05, 0) is 43.7 Å². The van der Waals surface area contributed by atoms with Crippen LogP contribution in [0.15, 0.2) is 42.6 Å². The van der Waals surface area contributed by atoms with E-state index in [-0.39, 0.29) is 6.54 Å². The summed E-state index contributed by atoms with van der Waals surface area (Å²) in [4.78, 5) is 27.8. The highest BCUT2D eigenvalue weighted by Crippen LogP contribution is 2.33. The first-order valence-electron chi connectivity index (χ1n) is 10.5. The number of aliphatic carboxylic acids is 2. The molecule has 2 N–H and O–H groups in total. The molecule has 1 aliphatic heterocycles. The van der Waals surface area contributed by atoms with Crippen LogP contribution in [0.1, 0.15) is 22.7 Å². The lowest BCUT2D eigenvalue weighted by Gasteiger charge is -2.39. The lowest BCUT2D eigenvalue weighted by Crippen LogP contribution is -2.49. The molecule has 0 unspecified atom stereocenters. The SMILES string of the molecule is Cc1ccc(N2CCN([C@@H](C(=O)O)c3cn(CC(=O)O)c4cc(F)ccc34)CC2)c(C)c1. The van der Waals surface area contributed by atoms with Gasteiger partial charge in [0.1, 0.15) is 18.4 Å². The maximum Gasteiger partial charge on any atom is 0.325 e. The van der Waals surface area contributed by atoms with Gasteiger partial charge in [-0.3, -0.25) is 14.5 Å². The molecule has 8 heteroatoms. The quantitative estimate of drug-likeness (QED) is 0.612. The van der Waals surface area contributed by atoms with Crippen LogP contribution in [0.4, 0.5) is 10.1 Å². The number of rotatable bonds is 6. The number of fused-ring (bicyclic) bond motifs is 1. The molecule has 4 rings (SSSR count). The Morgan fingerprint density at radius 2 is 1.75 bits per heavy atom. The molecule has 1 saturated heterocycles. The van der Waals surface area contributed by atoms with Gasteiger partial charge in [-0.25, -0.2) is 4.39 Å². The van der Waals surface area contributed by atoms with E-state index in [9.17, 15) is 24.2 Å². The lowest BCUT2D eigenvalue weighted by molar-refractivity contribution is -0.143. The third-order valence-electron chi connectivity index (χ3n) is 6.08. The van der Waals surface area contributed by atoms with Gasteiger partial charge in [0.05, 0.1) is 5.52 Å². The normalized spacial score (nSPS) is 15.8. The number of piperazine rings is 1. The minimum atomic E-state index is -1.08. The third-order valence-corrected chi connectivity index (χ3v) is 6.08. The molecule has 168 valence electrons. The van der Waals surface area contributed by atoms with Gasteiger partial charge in [0.2, 0.25) is 0 Å². The molecule has 1 atom stereocenters. The van der Waals surface area contributed by atoms with Crippen LogP contribution < -0.4 is 4.90 Å². The molecule has 7 nitrogen and oxygen atoms in total. The predicted octanol–water partition coefficient (Wildman–Crippen LogP) is 3.43. The second kappa shape index (κ2) is 8.63. The Morgan fingerprint density at radius 1 is 1.03 bits per heavy atom. The second-order valence-electron chi connectivity index (χ2n) is 8.32. The van der Waals surface area contributed by atoms with Crippen molar-refractivity contribution in [3.05, 3.63) is 65.1 Å². The number of aryl methyl sites for hydroxylation is 2. The van der Waals surface area contributed by atoms with E-state index in [4.69, 9.17) is 0 Å². The molecule has 32 heavy (non-hydrogen) atoms. The number of nitrogens with zero attached hydrogens (tertiary/aromatic N) is 3. The number of benzene rings is 2. The smallest absolute Gasteiger partial charge is 0.325 e. The van der Waals surface area contributed by atoms with Crippen molar-refractivity contribution < 1.29 is 24.2 Å². The molecule has 2 heterocycles. The minimum Gasteiger partial charge on any atom is -0.480 e. The maximum atomic E-state index is 13.8. The minimum absolute atomic E-state index is 0.368. The number of carboxylic acid groups (broad SMARTS) is 2. The molecule has 0 spiro atoms. The monoisotopic (exact) mass is 439 g/mol. The van der Waals surface area contributed by atoms with Gasteiger partial charge in [0.25, 0.3) is 0 Å². The lowest BCUT2D eigenvalue weighted by atomic mass is 10.0. The molecule has 2 aromatic carbocycles. The van der Waals surface area contributed by atoms with Crippen molar-refractivity contribution in [2.45, 2.75) is 26.4 Å². The highest BCUT2D eigenvalue weighted by atomic mass is 19.1. The Morgan fingerprint density at radius 3 is 2.38 bits per heavy atom. The number of hydrogen-bond acceptors (Lipinski definition) is 4. The van der Waals surface area contributed by atoms with Gasteiger partial charge < -0.3 is 19.7 Å². The molecule has 0 aliphatic carbocycles. The first kappa shape index (κ1) is 21.8. The summed E-state index contributed by atoms with van der Waals surface area (Å²) in [5.41, 5.74) is 4.39. The van der Waals surface area contributed by atoms with Gasteiger partial charge in [-0.1, -0.05) is 17.7 Å². The zero-order valence-corrected chi connectivity index (χ0v) is 18.1. The molecule has 0 radical (unpaired) electrons. The van der Waals surface area contributed by atoms with E-state index in [1.54, 1.807) is 0 Å². The van der Waals surface area contributed by atoms with E-state index >= 15 is 0 Å². The van der Waals surface area contributed by atoms with Crippen molar-refractivity contribution in [1.29, 1.82) is 0 Å². The summed E-state index contributed by atoms with van der Waals surface area (Å²) < 4.78 is 15.2. The summed E-state index contributed by atoms with van der Waals surface area (Å²) in [6.07, 6.45) is 1.54. The zero-order chi connectivity index (χ0) is 23.0. The van der Waals surface area contributed by atoms with Crippen LogP contribution in [0.5, 0.6) is 0 Å². The molecule has 0 saturated carbocycles. The van der Waals surface area contributed by atoms with E-state index in [0.717, 1.165) is 5.69 Å². The molecular weight excluding hydrogens is 413 g/mol. The van der Waals surface area contributed by atoms with E-state index in [0.29, 0.717) is 42.6 Å². The maximum absolute atomic E-state index is 13.8. The summed E-state index contributed by atoms with van der Waals surface area (Å²) in [6, 6.07) is 9.42. The Balaban J connectivity index is 1.63. The van der Waals surface area contributed by atoms with Crippen molar-refractivity contribution in [1.82, 2.24) is 9.47 Å². The third kappa shape index (κ3) is 4.18. The van der Waals surface area contributed by atoms with Gasteiger partial charge >= 0.3 is 11.9 Å². The molecular formula is C24H26FN3O4. The average molecular weight is 439 g/mol. The number of carbonyl (C=O) groups is 2. The summed E-state index contributed by atoms with van der Waals surface area (Å²) >= 11 is 0. The highest BCUT2D eigenvalue weighted by molar-refractivity contribution is 5.90. The van der Waals surface area contributed by atoms with Gasteiger partial charge in [0, 0.05) is 49.0 Å². The molecule has 1 aliphatic rings. The van der Waals surface area contributed by atoms with Crippen LogP contribution >= 0.6 is 0 Å². The van der Waals surface area contributed by atoms with Crippen LogP contribution in [0.2, 0.25) is 0 Å². The van der Waals surface area contributed by atoms with Gasteiger partial charge in [-0.2, -0.15) is 0 Å². The van der Waals surface area contributed by atoms with Gasteiger partial charge in [0.15, 0.2) is 0 Å². The van der Waals surface area contributed by atoms with Crippen LogP contribution in [0, 0.1) is 19.7 Å². The Kier molecular flexibility index (Phi) is 5.88. The first-order valence-corrected chi connectivity index (χ1v) is 10.5. The van der Waals surface area contributed by atoms with Crippen LogP contribution in [-0.2, 0) is 16.1 Å². The summed E-state index contributed by atoms with van der Waals surface area (Å²) in [5, 5.41) is 19.9. The molecule has 0 bridgehead atoms. The molecule has 0 amide bonds. The summed E-state index contributed by atoms with van der Waals surface area (Å²) in [5.74, 6) is -2.59. The van der Waals surface area contributed by atoms with Crippen molar-refractivity contribution in [3.8, 4) is 0 Å². The number of carboxylic acids is 2. The predicted molar refractivity (Wildman–Crippen MR) is 120 cm³/mol. The zero-order valence-electron chi connectivity index (χ0n) is 18.1. The Bertz CT molecular complexity index is 1180. The van der Waals surface area contributed by atoms with Crippen molar-refractivity contribution in [2.24, 2.45) is 0 Å². The van der Waals surface area contributed by atoms with Crippen molar-refractivity contribution in [3.63, 3.8) is 0 Å². The fourth-order valence-electron chi connectivity index (χ4n) is 4.66. The Hall–Kier alpha value is -3.39. The second-order valence-corrected chi connectivity index (χ2v) is 8.32. The van der Waals surface area contributed by atoms with E-state index < -0.39 is 23.8 Å². The van der Waals surface area contributed by atoms with Crippen molar-refractivity contribution in [2.75, 3.05) is 31.1 Å². The molecule has 1 fully saturated rings. The fraction of sp³-hybridized carbons (Fsp3) is 0.333. The first-order chi connectivity index (χ1) is 15.2. The number of hydrogen-bond donors (Lipinski definition) is 2. The number of anilines is 1. The number of halogens is 1. The van der Waals surface area contributed by atoms with Crippen LogP contribution in [0.25, 0.3) is 10.9 Å². The highest BCUT2D eigenvalue weighted by Gasteiger charge is 2.33. The number of aromatic nitrogens is 1. The summed E-state index contributed by atoms with van der Waals surface area (Å²) in [6.45, 7) is 6.19. The Labute approximate surface area is 185 Å². The van der Waals surface area contributed by atoms with E-state index in [1.807, 2.05) is 4.90 Å². The summed E-state index contributed by atoms with van der Waals surface area (Å²) in [7, 11) is 0. The molecule has 1 aromatic heterocycles.